The molecule has 9 nitrogen and oxygen atoms in total. The number of amides is 1. The summed E-state index contributed by atoms with van der Waals surface area (Å²) in [6, 6.07) is 11.9. The minimum absolute atomic E-state index is 0.0329. The molecule has 0 aliphatic carbocycles. The van der Waals surface area contributed by atoms with Crippen molar-refractivity contribution in [3.8, 4) is 5.75 Å². The number of primary sulfonamides is 1. The standard InChI is InChI=1S/C24H31N3O6S/c1-4-27(5-2)18-9-10-20-16(3)21(23(28)33-22(20)14-18)11-12-32-24(29)26-15-17-7-6-8-19(13-17)34(25,30)31/h6-10,13-14,16,21H,4-5,11-12,15H2,1-3H3,(H,26,29)(H2,25,30,31). The number of rotatable bonds is 9. The van der Waals surface area contributed by atoms with Crippen molar-refractivity contribution in [2.24, 2.45) is 11.1 Å². The number of fused-ring (bicyclic) bond motifs is 1. The van der Waals surface area contributed by atoms with Crippen LogP contribution in [0.4, 0.5) is 10.5 Å². The Morgan fingerprint density at radius 1 is 1.18 bits per heavy atom. The minimum atomic E-state index is -3.82. The van der Waals surface area contributed by atoms with Crippen molar-refractivity contribution in [1.29, 1.82) is 0 Å². The highest BCUT2D eigenvalue weighted by Crippen LogP contribution is 2.40. The number of sulfonamides is 1. The van der Waals surface area contributed by atoms with E-state index in [2.05, 4.69) is 24.1 Å². The van der Waals surface area contributed by atoms with Crippen LogP contribution in [-0.4, -0.2) is 40.2 Å². The lowest BCUT2D eigenvalue weighted by Crippen LogP contribution is -2.32. The highest BCUT2D eigenvalue weighted by molar-refractivity contribution is 7.89. The van der Waals surface area contributed by atoms with Gasteiger partial charge in [0.25, 0.3) is 0 Å². The first-order chi connectivity index (χ1) is 16.1. The Labute approximate surface area is 200 Å². The van der Waals surface area contributed by atoms with E-state index in [9.17, 15) is 18.0 Å². The van der Waals surface area contributed by atoms with E-state index in [1.165, 1.54) is 12.1 Å². The van der Waals surface area contributed by atoms with Crippen LogP contribution in [0.1, 0.15) is 44.2 Å². The van der Waals surface area contributed by atoms with Crippen LogP contribution in [0, 0.1) is 5.92 Å². The number of hydrogen-bond donors (Lipinski definition) is 2. The number of carbonyl (C=O) groups excluding carboxylic acids is 2. The van der Waals surface area contributed by atoms with Crippen LogP contribution in [0.25, 0.3) is 0 Å². The van der Waals surface area contributed by atoms with E-state index >= 15 is 0 Å². The number of carbonyl (C=O) groups is 2. The lowest BCUT2D eigenvalue weighted by atomic mass is 9.83. The Morgan fingerprint density at radius 3 is 2.59 bits per heavy atom. The van der Waals surface area contributed by atoms with Crippen molar-refractivity contribution in [1.82, 2.24) is 5.32 Å². The third-order valence-corrected chi connectivity index (χ3v) is 6.97. The molecular formula is C24H31N3O6S. The van der Waals surface area contributed by atoms with E-state index in [4.69, 9.17) is 14.6 Å². The molecule has 2 atom stereocenters. The van der Waals surface area contributed by atoms with Crippen LogP contribution in [-0.2, 0) is 26.1 Å². The van der Waals surface area contributed by atoms with Crippen LogP contribution < -0.4 is 20.1 Å². The number of nitrogens with zero attached hydrogens (tertiary/aromatic N) is 1. The van der Waals surface area contributed by atoms with Crippen LogP contribution in [0.15, 0.2) is 47.4 Å². The van der Waals surface area contributed by atoms with Gasteiger partial charge in [0.15, 0.2) is 0 Å². The maximum Gasteiger partial charge on any atom is 0.407 e. The van der Waals surface area contributed by atoms with Crippen molar-refractivity contribution in [3.05, 3.63) is 53.6 Å². The molecule has 1 heterocycles. The maximum atomic E-state index is 12.6. The summed E-state index contributed by atoms with van der Waals surface area (Å²) in [5, 5.41) is 7.69. The molecule has 0 aromatic heterocycles. The average Bonchev–Trinajstić information content (AvgIpc) is 2.80. The molecule has 2 aromatic carbocycles. The molecule has 0 saturated heterocycles. The first-order valence-corrected chi connectivity index (χ1v) is 12.8. The Morgan fingerprint density at radius 2 is 1.91 bits per heavy atom. The predicted octanol–water partition coefficient (Wildman–Crippen LogP) is 3.14. The maximum absolute atomic E-state index is 12.6. The number of nitrogens with two attached hydrogens (primary N) is 1. The van der Waals surface area contributed by atoms with Gasteiger partial charge in [0.05, 0.1) is 17.4 Å². The zero-order chi connectivity index (χ0) is 24.9. The number of esters is 1. The Kier molecular flexibility index (Phi) is 8.16. The third kappa shape index (κ3) is 6.06. The fourth-order valence-corrected chi connectivity index (χ4v) is 4.67. The third-order valence-electron chi connectivity index (χ3n) is 6.06. The van der Waals surface area contributed by atoms with Gasteiger partial charge >= 0.3 is 12.1 Å². The van der Waals surface area contributed by atoms with Gasteiger partial charge < -0.3 is 19.7 Å². The van der Waals surface area contributed by atoms with Gasteiger partial charge in [-0.05, 0) is 55.5 Å². The highest BCUT2D eigenvalue weighted by Gasteiger charge is 2.35. The quantitative estimate of drug-likeness (QED) is 0.409. The van der Waals surface area contributed by atoms with E-state index in [0.717, 1.165) is 24.3 Å². The van der Waals surface area contributed by atoms with Gasteiger partial charge in [0.2, 0.25) is 10.0 Å². The molecule has 3 rings (SSSR count). The number of ether oxygens (including phenoxy) is 2. The fraction of sp³-hybridized carbons (Fsp3) is 0.417. The van der Waals surface area contributed by atoms with Gasteiger partial charge in [0, 0.05) is 31.4 Å². The lowest BCUT2D eigenvalue weighted by Gasteiger charge is -2.31. The molecule has 0 radical (unpaired) electrons. The van der Waals surface area contributed by atoms with Crippen molar-refractivity contribution in [2.75, 3.05) is 24.6 Å². The van der Waals surface area contributed by atoms with Crippen molar-refractivity contribution in [2.45, 2.75) is 44.6 Å². The summed E-state index contributed by atoms with van der Waals surface area (Å²) in [5.74, 6) is -0.250. The Balaban J connectivity index is 1.53. The van der Waals surface area contributed by atoms with E-state index in [1.54, 1.807) is 12.1 Å². The Bertz CT molecular complexity index is 1150. The largest absolute Gasteiger partial charge is 0.450 e. The van der Waals surface area contributed by atoms with E-state index < -0.39 is 22.0 Å². The summed E-state index contributed by atoms with van der Waals surface area (Å²) in [5.41, 5.74) is 2.53. The van der Waals surface area contributed by atoms with E-state index in [-0.39, 0.29) is 29.9 Å². The van der Waals surface area contributed by atoms with Crippen LogP contribution in [0.2, 0.25) is 0 Å². The molecule has 2 aromatic rings. The molecule has 0 spiro atoms. The summed E-state index contributed by atoms with van der Waals surface area (Å²) in [6.07, 6.45) is -0.340. The molecule has 0 fully saturated rings. The van der Waals surface area contributed by atoms with Gasteiger partial charge in [-0.2, -0.15) is 0 Å². The van der Waals surface area contributed by atoms with Crippen LogP contribution in [0.5, 0.6) is 5.75 Å². The molecule has 10 heteroatoms. The number of hydrogen-bond acceptors (Lipinski definition) is 7. The van der Waals surface area contributed by atoms with Crippen molar-refractivity contribution in [3.63, 3.8) is 0 Å². The summed E-state index contributed by atoms with van der Waals surface area (Å²) >= 11 is 0. The summed E-state index contributed by atoms with van der Waals surface area (Å²) in [4.78, 5) is 26.8. The average molecular weight is 490 g/mol. The molecule has 3 N–H and O–H groups in total. The fourth-order valence-electron chi connectivity index (χ4n) is 4.08. The first-order valence-electron chi connectivity index (χ1n) is 11.3. The second kappa shape index (κ2) is 10.9. The molecule has 0 saturated carbocycles. The van der Waals surface area contributed by atoms with E-state index in [1.807, 2.05) is 25.1 Å². The van der Waals surface area contributed by atoms with Gasteiger partial charge in [-0.25, -0.2) is 18.4 Å². The smallest absolute Gasteiger partial charge is 0.407 e. The van der Waals surface area contributed by atoms with Gasteiger partial charge in [-0.15, -0.1) is 0 Å². The highest BCUT2D eigenvalue weighted by atomic mass is 32.2. The second-order valence-electron chi connectivity index (χ2n) is 8.18. The summed E-state index contributed by atoms with van der Waals surface area (Å²) in [6.45, 7) is 7.96. The molecule has 1 aliphatic rings. The topological polar surface area (TPSA) is 128 Å². The Hall–Kier alpha value is -3.11. The van der Waals surface area contributed by atoms with E-state index in [0.29, 0.717) is 17.7 Å². The summed E-state index contributed by atoms with van der Waals surface area (Å²) in [7, 11) is -3.82. The minimum Gasteiger partial charge on any atom is -0.450 e. The van der Waals surface area contributed by atoms with Crippen molar-refractivity contribution >= 4 is 27.8 Å². The molecule has 1 aliphatic heterocycles. The summed E-state index contributed by atoms with van der Waals surface area (Å²) < 4.78 is 33.7. The first kappa shape index (κ1) is 25.5. The molecule has 2 unspecified atom stereocenters. The number of alkyl carbamates (subject to hydrolysis) is 1. The number of nitrogens with one attached hydrogen (secondary N) is 1. The molecule has 184 valence electrons. The lowest BCUT2D eigenvalue weighted by molar-refractivity contribution is -0.141. The number of benzene rings is 2. The SMILES string of the molecule is CCN(CC)c1ccc2c(c1)OC(=O)C(CCOC(=O)NCc1cccc(S(N)(=O)=O)c1)C2C. The molecule has 0 bridgehead atoms. The monoisotopic (exact) mass is 489 g/mol. The van der Waals surface area contributed by atoms with Crippen molar-refractivity contribution < 1.29 is 27.5 Å². The van der Waals surface area contributed by atoms with Gasteiger partial charge in [0.1, 0.15) is 5.75 Å². The molecule has 34 heavy (non-hydrogen) atoms. The second-order valence-corrected chi connectivity index (χ2v) is 9.74. The predicted molar refractivity (Wildman–Crippen MR) is 128 cm³/mol. The van der Waals surface area contributed by atoms with Crippen LogP contribution in [0.3, 0.4) is 0 Å². The molecule has 1 amide bonds. The van der Waals surface area contributed by atoms with Crippen LogP contribution >= 0.6 is 0 Å². The number of anilines is 1. The van der Waals surface area contributed by atoms with Gasteiger partial charge in [-0.1, -0.05) is 25.1 Å². The van der Waals surface area contributed by atoms with Gasteiger partial charge in [-0.3, -0.25) is 4.79 Å². The zero-order valence-electron chi connectivity index (χ0n) is 19.6. The zero-order valence-corrected chi connectivity index (χ0v) is 20.4. The normalized spacial score (nSPS) is 17.5. The molecular weight excluding hydrogens is 458 g/mol.